The summed E-state index contributed by atoms with van der Waals surface area (Å²) in [6.07, 6.45) is 9.10. The predicted molar refractivity (Wildman–Crippen MR) is 81.7 cm³/mol. The van der Waals surface area contributed by atoms with Crippen molar-refractivity contribution in [1.82, 2.24) is 19.7 Å². The molecule has 0 aromatic carbocycles. The molecule has 5 heteroatoms. The number of aromatic nitrogens is 4. The molecule has 3 heterocycles. The first kappa shape index (κ1) is 12.8. The third-order valence-electron chi connectivity index (χ3n) is 4.78. The van der Waals surface area contributed by atoms with Crippen molar-refractivity contribution >= 4 is 5.82 Å². The molecule has 4 rings (SSSR count). The molecule has 0 atom stereocenters. The largest absolute Gasteiger partial charge is 0.355 e. The highest BCUT2D eigenvalue weighted by atomic mass is 15.3. The summed E-state index contributed by atoms with van der Waals surface area (Å²) in [4.78, 5) is 11.6. The lowest BCUT2D eigenvalue weighted by atomic mass is 9.95. The van der Waals surface area contributed by atoms with Crippen LogP contribution in [0.25, 0.3) is 5.82 Å². The minimum Gasteiger partial charge on any atom is -0.355 e. The van der Waals surface area contributed by atoms with Gasteiger partial charge in [-0.1, -0.05) is 0 Å². The van der Waals surface area contributed by atoms with Crippen molar-refractivity contribution in [2.24, 2.45) is 5.41 Å². The highest BCUT2D eigenvalue weighted by Crippen LogP contribution is 2.52. The van der Waals surface area contributed by atoms with Gasteiger partial charge in [0.15, 0.2) is 5.82 Å². The Kier molecular flexibility index (Phi) is 2.77. The summed E-state index contributed by atoms with van der Waals surface area (Å²) in [7, 11) is 0. The molecule has 0 bridgehead atoms. The quantitative estimate of drug-likeness (QED) is 0.850. The number of piperidine rings is 1. The highest BCUT2D eigenvalue weighted by molar-refractivity contribution is 5.41. The van der Waals surface area contributed by atoms with Crippen molar-refractivity contribution in [3.8, 4) is 5.82 Å². The van der Waals surface area contributed by atoms with Gasteiger partial charge >= 0.3 is 0 Å². The SMILES string of the molecule is Cc1cc(C)n(-c2cncc(N3CCCC4(CC4)C3)n2)n1. The minimum absolute atomic E-state index is 0.591. The molecule has 1 spiro atoms. The third-order valence-corrected chi connectivity index (χ3v) is 4.78. The van der Waals surface area contributed by atoms with Crippen LogP contribution in [-0.4, -0.2) is 32.8 Å². The van der Waals surface area contributed by atoms with Crippen molar-refractivity contribution < 1.29 is 0 Å². The van der Waals surface area contributed by atoms with E-state index in [0.29, 0.717) is 5.41 Å². The van der Waals surface area contributed by atoms with Gasteiger partial charge in [-0.2, -0.15) is 5.10 Å². The molecule has 2 aliphatic rings. The van der Waals surface area contributed by atoms with E-state index in [4.69, 9.17) is 4.98 Å². The molecule has 1 aliphatic heterocycles. The molecule has 0 amide bonds. The van der Waals surface area contributed by atoms with Crippen molar-refractivity contribution in [2.45, 2.75) is 39.5 Å². The van der Waals surface area contributed by atoms with E-state index in [1.165, 1.54) is 25.7 Å². The van der Waals surface area contributed by atoms with E-state index in [0.717, 1.165) is 36.1 Å². The van der Waals surface area contributed by atoms with Crippen LogP contribution in [0.15, 0.2) is 18.5 Å². The van der Waals surface area contributed by atoms with E-state index in [2.05, 4.69) is 28.0 Å². The van der Waals surface area contributed by atoms with E-state index >= 15 is 0 Å². The lowest BCUT2D eigenvalue weighted by Gasteiger charge is -2.33. The van der Waals surface area contributed by atoms with Crippen molar-refractivity contribution in [3.63, 3.8) is 0 Å². The Labute approximate surface area is 125 Å². The van der Waals surface area contributed by atoms with Crippen LogP contribution in [0.5, 0.6) is 0 Å². The molecule has 110 valence electrons. The van der Waals surface area contributed by atoms with Crippen molar-refractivity contribution in [3.05, 3.63) is 29.8 Å². The van der Waals surface area contributed by atoms with E-state index in [1.54, 1.807) is 6.20 Å². The van der Waals surface area contributed by atoms with Crippen LogP contribution in [0.2, 0.25) is 0 Å². The second-order valence-electron chi connectivity index (χ2n) is 6.60. The molecular formula is C16H21N5. The van der Waals surface area contributed by atoms with Gasteiger partial charge in [0.2, 0.25) is 0 Å². The number of hydrogen-bond donors (Lipinski definition) is 0. The van der Waals surface area contributed by atoms with Crippen molar-refractivity contribution in [1.29, 1.82) is 0 Å². The van der Waals surface area contributed by atoms with E-state index < -0.39 is 0 Å². The molecule has 1 saturated carbocycles. The Morgan fingerprint density at radius 2 is 1.90 bits per heavy atom. The smallest absolute Gasteiger partial charge is 0.174 e. The number of nitrogens with zero attached hydrogens (tertiary/aromatic N) is 5. The van der Waals surface area contributed by atoms with Gasteiger partial charge in [0.1, 0.15) is 5.82 Å². The Morgan fingerprint density at radius 1 is 1.10 bits per heavy atom. The number of aryl methyl sites for hydroxylation is 2. The number of hydrogen-bond acceptors (Lipinski definition) is 4. The Balaban J connectivity index is 1.65. The lowest BCUT2D eigenvalue weighted by molar-refractivity contribution is 0.393. The zero-order chi connectivity index (χ0) is 14.4. The normalized spacial score (nSPS) is 20.0. The summed E-state index contributed by atoms with van der Waals surface area (Å²) in [5.74, 6) is 1.81. The first-order valence-corrected chi connectivity index (χ1v) is 7.76. The fraction of sp³-hybridized carbons (Fsp3) is 0.562. The number of anilines is 1. The van der Waals surface area contributed by atoms with Crippen LogP contribution in [0.3, 0.4) is 0 Å². The average Bonchev–Trinajstić information content (AvgIpc) is 3.13. The number of rotatable bonds is 2. The summed E-state index contributed by atoms with van der Waals surface area (Å²) >= 11 is 0. The molecule has 1 aliphatic carbocycles. The van der Waals surface area contributed by atoms with Gasteiger partial charge in [-0.25, -0.2) is 9.67 Å². The van der Waals surface area contributed by atoms with Gasteiger partial charge in [-0.3, -0.25) is 4.98 Å². The van der Waals surface area contributed by atoms with E-state index in [1.807, 2.05) is 17.8 Å². The van der Waals surface area contributed by atoms with Gasteiger partial charge in [-0.05, 0) is 51.0 Å². The molecule has 1 saturated heterocycles. The van der Waals surface area contributed by atoms with Crippen molar-refractivity contribution in [2.75, 3.05) is 18.0 Å². The van der Waals surface area contributed by atoms with Gasteiger partial charge in [0.05, 0.1) is 18.1 Å². The fourth-order valence-electron chi connectivity index (χ4n) is 3.45. The molecule has 0 unspecified atom stereocenters. The maximum atomic E-state index is 4.80. The molecule has 5 nitrogen and oxygen atoms in total. The topological polar surface area (TPSA) is 46.8 Å². The summed E-state index contributed by atoms with van der Waals surface area (Å²) < 4.78 is 1.88. The Hall–Kier alpha value is -1.91. The van der Waals surface area contributed by atoms with Gasteiger partial charge in [-0.15, -0.1) is 0 Å². The Morgan fingerprint density at radius 3 is 2.62 bits per heavy atom. The van der Waals surface area contributed by atoms with Crippen LogP contribution < -0.4 is 4.90 Å². The molecule has 2 fully saturated rings. The molecule has 2 aromatic rings. The van der Waals surface area contributed by atoms with Crippen LogP contribution in [0.1, 0.15) is 37.1 Å². The second kappa shape index (κ2) is 4.55. The zero-order valence-electron chi connectivity index (χ0n) is 12.7. The summed E-state index contributed by atoms with van der Waals surface area (Å²) in [5.41, 5.74) is 2.69. The van der Waals surface area contributed by atoms with Crippen LogP contribution in [0.4, 0.5) is 5.82 Å². The van der Waals surface area contributed by atoms with Crippen LogP contribution in [-0.2, 0) is 0 Å². The van der Waals surface area contributed by atoms with E-state index in [-0.39, 0.29) is 0 Å². The monoisotopic (exact) mass is 283 g/mol. The summed E-state index contributed by atoms with van der Waals surface area (Å²) in [6.45, 7) is 6.29. The zero-order valence-corrected chi connectivity index (χ0v) is 12.7. The molecule has 0 radical (unpaired) electrons. The third kappa shape index (κ3) is 2.30. The standard InChI is InChI=1S/C16H21N5/c1-12-8-13(2)21(19-12)15-10-17-9-14(18-15)20-7-3-4-16(11-20)5-6-16/h8-10H,3-7,11H2,1-2H3. The van der Waals surface area contributed by atoms with Crippen LogP contribution in [0, 0.1) is 19.3 Å². The van der Waals surface area contributed by atoms with E-state index in [9.17, 15) is 0 Å². The minimum atomic E-state index is 0.591. The first-order valence-electron chi connectivity index (χ1n) is 7.76. The van der Waals surface area contributed by atoms with Crippen LogP contribution >= 0.6 is 0 Å². The molecule has 21 heavy (non-hydrogen) atoms. The summed E-state index contributed by atoms with van der Waals surface area (Å²) in [6, 6.07) is 2.06. The molecule has 0 N–H and O–H groups in total. The lowest BCUT2D eigenvalue weighted by Crippen LogP contribution is -2.37. The van der Waals surface area contributed by atoms with Gasteiger partial charge in [0.25, 0.3) is 0 Å². The first-order chi connectivity index (χ1) is 10.2. The summed E-state index contributed by atoms with van der Waals surface area (Å²) in [5, 5.41) is 4.50. The second-order valence-corrected chi connectivity index (χ2v) is 6.60. The Bertz CT molecular complexity index is 671. The van der Waals surface area contributed by atoms with Gasteiger partial charge in [0, 0.05) is 18.8 Å². The van der Waals surface area contributed by atoms with Gasteiger partial charge < -0.3 is 4.90 Å². The maximum absolute atomic E-state index is 4.80. The maximum Gasteiger partial charge on any atom is 0.174 e. The highest BCUT2D eigenvalue weighted by Gasteiger charge is 2.45. The average molecular weight is 283 g/mol. The predicted octanol–water partition coefficient (Wildman–Crippen LogP) is 2.66. The molecule has 2 aromatic heterocycles. The fourth-order valence-corrected chi connectivity index (χ4v) is 3.45. The molecular weight excluding hydrogens is 262 g/mol.